The van der Waals surface area contributed by atoms with Gasteiger partial charge < -0.3 is 5.32 Å². The number of aromatic amines is 1. The molecular formula is C17H14ClFN4O3S. The first-order chi connectivity index (χ1) is 12.8. The first-order valence-corrected chi connectivity index (χ1v) is 9.51. The van der Waals surface area contributed by atoms with Gasteiger partial charge in [0.2, 0.25) is 0 Å². The third-order valence-corrected chi connectivity index (χ3v) is 5.41. The van der Waals surface area contributed by atoms with Crippen molar-refractivity contribution in [2.45, 2.75) is 11.9 Å². The van der Waals surface area contributed by atoms with E-state index >= 15 is 0 Å². The molecule has 0 atom stereocenters. The third-order valence-electron chi connectivity index (χ3n) is 3.63. The van der Waals surface area contributed by atoms with Gasteiger partial charge in [0.25, 0.3) is 15.9 Å². The molecule has 0 saturated carbocycles. The molecule has 1 amide bonds. The monoisotopic (exact) mass is 408 g/mol. The van der Waals surface area contributed by atoms with Crippen LogP contribution in [0.1, 0.15) is 15.9 Å². The average molecular weight is 409 g/mol. The highest BCUT2D eigenvalue weighted by molar-refractivity contribution is 7.92. The molecular weight excluding hydrogens is 395 g/mol. The van der Waals surface area contributed by atoms with E-state index in [1.165, 1.54) is 12.1 Å². The Balaban J connectivity index is 1.84. The molecule has 3 aromatic rings. The van der Waals surface area contributed by atoms with Crippen molar-refractivity contribution in [2.75, 3.05) is 10.0 Å². The molecule has 0 bridgehead atoms. The predicted molar refractivity (Wildman–Crippen MR) is 99.9 cm³/mol. The Morgan fingerprint density at radius 1 is 1.15 bits per heavy atom. The number of nitrogens with one attached hydrogen (secondary N) is 3. The van der Waals surface area contributed by atoms with Crippen molar-refractivity contribution in [1.29, 1.82) is 0 Å². The fourth-order valence-electron chi connectivity index (χ4n) is 2.29. The molecule has 0 aliphatic rings. The number of carbonyl (C=O) groups excluding carboxylic acids is 1. The summed E-state index contributed by atoms with van der Waals surface area (Å²) in [6.45, 7) is 1.78. The van der Waals surface area contributed by atoms with Crippen LogP contribution in [0.15, 0.2) is 53.7 Å². The number of rotatable bonds is 5. The Hall–Kier alpha value is -2.91. The molecule has 0 spiro atoms. The summed E-state index contributed by atoms with van der Waals surface area (Å²) < 4.78 is 40.3. The first kappa shape index (κ1) is 18.9. The SMILES string of the molecule is Cc1cc(NC(=O)c2cn[nH]c2S(=O)(=O)Nc2ccc(F)cc2)ccc1Cl. The quantitative estimate of drug-likeness (QED) is 0.600. The minimum atomic E-state index is -4.14. The molecule has 27 heavy (non-hydrogen) atoms. The first-order valence-electron chi connectivity index (χ1n) is 7.65. The number of hydrogen-bond donors (Lipinski definition) is 3. The number of aryl methyl sites for hydroxylation is 1. The van der Waals surface area contributed by atoms with E-state index in [1.807, 2.05) is 0 Å². The zero-order valence-corrected chi connectivity index (χ0v) is 15.5. The van der Waals surface area contributed by atoms with Crippen LogP contribution in [0, 0.1) is 12.7 Å². The summed E-state index contributed by atoms with van der Waals surface area (Å²) in [4.78, 5) is 12.5. The number of amides is 1. The molecule has 7 nitrogen and oxygen atoms in total. The van der Waals surface area contributed by atoms with Gasteiger partial charge in [-0.3, -0.25) is 14.6 Å². The summed E-state index contributed by atoms with van der Waals surface area (Å²) in [6, 6.07) is 9.63. The molecule has 0 aliphatic heterocycles. The van der Waals surface area contributed by atoms with E-state index in [1.54, 1.807) is 25.1 Å². The van der Waals surface area contributed by atoms with Gasteiger partial charge in [-0.25, -0.2) is 4.39 Å². The largest absolute Gasteiger partial charge is 0.322 e. The minimum absolute atomic E-state index is 0.144. The highest BCUT2D eigenvalue weighted by Gasteiger charge is 2.25. The molecule has 0 unspecified atom stereocenters. The number of hydrogen-bond acceptors (Lipinski definition) is 4. The standard InChI is InChI=1S/C17H14ClFN4O3S/c1-10-8-13(6-7-15(10)18)21-16(24)14-9-20-22-17(14)27(25,26)23-12-4-2-11(19)3-5-12/h2-9,23H,1H3,(H,20,22)(H,21,24). The van der Waals surface area contributed by atoms with Crippen molar-refractivity contribution in [1.82, 2.24) is 10.2 Å². The molecule has 3 N–H and O–H groups in total. The maximum absolute atomic E-state index is 13.0. The summed E-state index contributed by atoms with van der Waals surface area (Å²) in [6.07, 6.45) is 1.11. The van der Waals surface area contributed by atoms with Gasteiger partial charge in [0.1, 0.15) is 5.82 Å². The summed E-state index contributed by atoms with van der Waals surface area (Å²) >= 11 is 5.95. The minimum Gasteiger partial charge on any atom is -0.322 e. The number of benzene rings is 2. The molecule has 0 radical (unpaired) electrons. The van der Waals surface area contributed by atoms with Gasteiger partial charge in [-0.2, -0.15) is 13.5 Å². The third kappa shape index (κ3) is 4.26. The van der Waals surface area contributed by atoms with Crippen LogP contribution in [0.3, 0.4) is 0 Å². The van der Waals surface area contributed by atoms with Crippen LogP contribution in [0.2, 0.25) is 5.02 Å². The number of aromatic nitrogens is 2. The summed E-state index contributed by atoms with van der Waals surface area (Å²) in [5.41, 5.74) is 1.19. The number of H-pyrrole nitrogens is 1. The zero-order chi connectivity index (χ0) is 19.6. The Morgan fingerprint density at radius 3 is 2.48 bits per heavy atom. The number of carbonyl (C=O) groups is 1. The van der Waals surface area contributed by atoms with Crippen LogP contribution < -0.4 is 10.0 Å². The van der Waals surface area contributed by atoms with E-state index < -0.39 is 26.8 Å². The molecule has 0 saturated heterocycles. The van der Waals surface area contributed by atoms with Crippen LogP contribution in [-0.2, 0) is 10.0 Å². The lowest BCUT2D eigenvalue weighted by Crippen LogP contribution is -2.19. The van der Waals surface area contributed by atoms with E-state index in [9.17, 15) is 17.6 Å². The van der Waals surface area contributed by atoms with Crippen molar-refractivity contribution < 1.29 is 17.6 Å². The van der Waals surface area contributed by atoms with Gasteiger partial charge in [0, 0.05) is 16.4 Å². The predicted octanol–water partition coefficient (Wildman–Crippen LogP) is 3.56. The normalized spacial score (nSPS) is 11.2. The summed E-state index contributed by atoms with van der Waals surface area (Å²) in [5, 5.41) is 8.69. The molecule has 1 aromatic heterocycles. The second-order valence-electron chi connectivity index (χ2n) is 5.64. The Morgan fingerprint density at radius 2 is 1.81 bits per heavy atom. The van der Waals surface area contributed by atoms with E-state index in [0.29, 0.717) is 10.7 Å². The van der Waals surface area contributed by atoms with Gasteiger partial charge in [-0.05, 0) is 55.0 Å². The molecule has 2 aromatic carbocycles. The van der Waals surface area contributed by atoms with Crippen molar-refractivity contribution in [2.24, 2.45) is 0 Å². The van der Waals surface area contributed by atoms with E-state index in [4.69, 9.17) is 11.6 Å². The average Bonchev–Trinajstić information content (AvgIpc) is 3.11. The van der Waals surface area contributed by atoms with Crippen molar-refractivity contribution >= 4 is 38.9 Å². The van der Waals surface area contributed by atoms with Crippen LogP contribution >= 0.6 is 11.6 Å². The van der Waals surface area contributed by atoms with Gasteiger partial charge in [0.05, 0.1) is 11.8 Å². The number of anilines is 2. The fourth-order valence-corrected chi connectivity index (χ4v) is 3.56. The Bertz CT molecular complexity index is 1100. The van der Waals surface area contributed by atoms with Gasteiger partial charge >= 0.3 is 0 Å². The van der Waals surface area contributed by atoms with Crippen molar-refractivity contribution in [3.8, 4) is 0 Å². The molecule has 1 heterocycles. The fraction of sp³-hybridized carbons (Fsp3) is 0.0588. The number of nitrogens with zero attached hydrogens (tertiary/aromatic N) is 1. The Kier molecular flexibility index (Phi) is 5.15. The lowest BCUT2D eigenvalue weighted by atomic mass is 10.2. The highest BCUT2D eigenvalue weighted by atomic mass is 35.5. The molecule has 10 heteroatoms. The number of halogens is 2. The topological polar surface area (TPSA) is 104 Å². The molecule has 0 fully saturated rings. The van der Waals surface area contributed by atoms with E-state index in [0.717, 1.165) is 23.9 Å². The van der Waals surface area contributed by atoms with Crippen LogP contribution in [0.5, 0.6) is 0 Å². The number of sulfonamides is 1. The maximum atomic E-state index is 13.0. The van der Waals surface area contributed by atoms with Crippen molar-refractivity contribution in [3.05, 3.63) is 70.6 Å². The van der Waals surface area contributed by atoms with Crippen LogP contribution in [-0.4, -0.2) is 24.5 Å². The summed E-state index contributed by atoms with van der Waals surface area (Å²) in [7, 11) is -4.14. The van der Waals surface area contributed by atoms with Gasteiger partial charge in [-0.1, -0.05) is 11.6 Å². The van der Waals surface area contributed by atoms with Gasteiger partial charge in [-0.15, -0.1) is 0 Å². The zero-order valence-electron chi connectivity index (χ0n) is 14.0. The lowest BCUT2D eigenvalue weighted by Gasteiger charge is -2.09. The van der Waals surface area contributed by atoms with Crippen molar-refractivity contribution in [3.63, 3.8) is 0 Å². The highest BCUT2D eigenvalue weighted by Crippen LogP contribution is 2.22. The van der Waals surface area contributed by atoms with Crippen LogP contribution in [0.25, 0.3) is 0 Å². The summed E-state index contributed by atoms with van der Waals surface area (Å²) in [5.74, 6) is -1.16. The Labute approximate surface area is 159 Å². The smallest absolute Gasteiger partial charge is 0.279 e. The lowest BCUT2D eigenvalue weighted by molar-refractivity contribution is 0.102. The van der Waals surface area contributed by atoms with Gasteiger partial charge in [0.15, 0.2) is 5.03 Å². The molecule has 140 valence electrons. The molecule has 3 rings (SSSR count). The van der Waals surface area contributed by atoms with Crippen LogP contribution in [0.4, 0.5) is 15.8 Å². The second-order valence-corrected chi connectivity index (χ2v) is 7.67. The van der Waals surface area contributed by atoms with E-state index in [2.05, 4.69) is 20.2 Å². The molecule has 0 aliphatic carbocycles. The maximum Gasteiger partial charge on any atom is 0.279 e. The van der Waals surface area contributed by atoms with E-state index in [-0.39, 0.29) is 11.3 Å². The second kappa shape index (κ2) is 7.37.